The second kappa shape index (κ2) is 7.19. The van der Waals surface area contributed by atoms with Gasteiger partial charge in [-0.3, -0.25) is 10.0 Å². The average molecular weight is 303 g/mol. The minimum Gasteiger partial charge on any atom is -0.322 e. The number of rotatable bonds is 4. The number of hydrogen-bond acceptors (Lipinski definition) is 3. The summed E-state index contributed by atoms with van der Waals surface area (Å²) in [6.07, 6.45) is 0. The van der Waals surface area contributed by atoms with Crippen molar-refractivity contribution in [2.24, 2.45) is 0 Å². The van der Waals surface area contributed by atoms with Crippen LogP contribution in [-0.2, 0) is 4.79 Å². The molecule has 0 aliphatic carbocycles. The molecule has 4 N–H and O–H groups in total. The van der Waals surface area contributed by atoms with Gasteiger partial charge in [0.05, 0.1) is 0 Å². The summed E-state index contributed by atoms with van der Waals surface area (Å²) >= 11 is 0. The van der Waals surface area contributed by atoms with Crippen molar-refractivity contribution < 1.29 is 19.2 Å². The Labute approximate surface area is 125 Å². The fourth-order valence-electron chi connectivity index (χ4n) is 1.84. The maximum Gasteiger partial charge on any atom is 0.320 e. The molecule has 0 heterocycles. The Bertz CT molecular complexity index is 647. The summed E-state index contributed by atoms with van der Waals surface area (Å²) < 4.78 is 12.8. The van der Waals surface area contributed by atoms with Crippen LogP contribution in [0.15, 0.2) is 54.6 Å². The van der Waals surface area contributed by atoms with Gasteiger partial charge in [-0.05, 0) is 29.8 Å². The highest BCUT2D eigenvalue weighted by Gasteiger charge is 2.22. The number of carbonyl (C=O) groups is 2. The summed E-state index contributed by atoms with van der Waals surface area (Å²) in [5, 5.41) is 13.7. The molecule has 0 fully saturated rings. The molecular weight excluding hydrogens is 289 g/mol. The highest BCUT2D eigenvalue weighted by atomic mass is 19.1. The molecule has 114 valence electrons. The van der Waals surface area contributed by atoms with Gasteiger partial charge in [-0.1, -0.05) is 30.3 Å². The van der Waals surface area contributed by atoms with Crippen LogP contribution >= 0.6 is 0 Å². The van der Waals surface area contributed by atoms with E-state index in [2.05, 4.69) is 10.6 Å². The van der Waals surface area contributed by atoms with Gasteiger partial charge in [-0.2, -0.15) is 0 Å². The first-order chi connectivity index (χ1) is 10.6. The lowest BCUT2D eigenvalue weighted by atomic mass is 10.1. The summed E-state index contributed by atoms with van der Waals surface area (Å²) in [4.78, 5) is 23.6. The minimum absolute atomic E-state index is 0.370. The number of hydrogen-bond donors (Lipinski definition) is 4. The average Bonchev–Trinajstić information content (AvgIpc) is 2.55. The zero-order chi connectivity index (χ0) is 15.9. The molecule has 0 saturated heterocycles. The lowest BCUT2D eigenvalue weighted by Crippen LogP contribution is -2.41. The number of amides is 3. The van der Waals surface area contributed by atoms with Gasteiger partial charge in [0.1, 0.15) is 11.9 Å². The van der Waals surface area contributed by atoms with Crippen molar-refractivity contribution in [3.8, 4) is 0 Å². The third-order valence-corrected chi connectivity index (χ3v) is 2.88. The first-order valence-corrected chi connectivity index (χ1v) is 6.42. The molecule has 3 amide bonds. The number of benzene rings is 2. The Hall–Kier alpha value is -2.93. The van der Waals surface area contributed by atoms with E-state index in [-0.39, 0.29) is 0 Å². The molecule has 2 aromatic rings. The Morgan fingerprint density at radius 2 is 1.64 bits per heavy atom. The van der Waals surface area contributed by atoms with Crippen molar-refractivity contribution in [1.29, 1.82) is 0 Å². The molecule has 6 nitrogen and oxygen atoms in total. The van der Waals surface area contributed by atoms with E-state index in [4.69, 9.17) is 5.21 Å². The van der Waals surface area contributed by atoms with Crippen molar-refractivity contribution in [1.82, 2.24) is 10.8 Å². The Balaban J connectivity index is 2.08. The normalized spacial score (nSPS) is 11.4. The zero-order valence-corrected chi connectivity index (χ0v) is 11.4. The number of hydroxylamine groups is 1. The second-order valence-electron chi connectivity index (χ2n) is 4.43. The quantitative estimate of drug-likeness (QED) is 0.515. The molecule has 0 aliphatic rings. The van der Waals surface area contributed by atoms with Crippen molar-refractivity contribution in [2.75, 3.05) is 5.32 Å². The second-order valence-corrected chi connectivity index (χ2v) is 4.43. The molecule has 0 spiro atoms. The van der Waals surface area contributed by atoms with Crippen LogP contribution in [0.2, 0.25) is 0 Å². The third-order valence-electron chi connectivity index (χ3n) is 2.88. The summed E-state index contributed by atoms with van der Waals surface area (Å²) in [5.74, 6) is -1.20. The van der Waals surface area contributed by atoms with Crippen molar-refractivity contribution in [3.05, 3.63) is 66.0 Å². The maximum atomic E-state index is 12.8. The number of nitrogens with one attached hydrogen (secondary N) is 3. The third kappa shape index (κ3) is 4.03. The summed E-state index contributed by atoms with van der Waals surface area (Å²) in [5.41, 5.74) is 2.38. The van der Waals surface area contributed by atoms with Gasteiger partial charge < -0.3 is 10.6 Å². The van der Waals surface area contributed by atoms with E-state index in [0.29, 0.717) is 11.3 Å². The zero-order valence-electron chi connectivity index (χ0n) is 11.4. The SMILES string of the molecule is O=C(Nc1ccc(F)cc1)N[C@H](C(=O)NO)c1ccccc1. The summed E-state index contributed by atoms with van der Waals surface area (Å²) in [7, 11) is 0. The van der Waals surface area contributed by atoms with E-state index < -0.39 is 23.8 Å². The molecule has 22 heavy (non-hydrogen) atoms. The standard InChI is InChI=1S/C15H14FN3O3/c16-11-6-8-12(9-7-11)17-15(21)18-13(14(20)19-22)10-4-2-1-3-5-10/h1-9,13,22H,(H,19,20)(H2,17,18,21)/t13-/m0/s1. The monoisotopic (exact) mass is 303 g/mol. The first kappa shape index (κ1) is 15.5. The van der Waals surface area contributed by atoms with Crippen molar-refractivity contribution >= 4 is 17.6 Å². The Kier molecular flexibility index (Phi) is 5.05. The van der Waals surface area contributed by atoms with E-state index in [1.165, 1.54) is 29.7 Å². The van der Waals surface area contributed by atoms with Crippen LogP contribution in [-0.4, -0.2) is 17.1 Å². The van der Waals surface area contributed by atoms with E-state index in [0.717, 1.165) is 0 Å². The van der Waals surface area contributed by atoms with Crippen molar-refractivity contribution in [3.63, 3.8) is 0 Å². The van der Waals surface area contributed by atoms with Crippen LogP contribution in [0.25, 0.3) is 0 Å². The molecule has 0 aliphatic heterocycles. The molecule has 0 radical (unpaired) electrons. The molecular formula is C15H14FN3O3. The molecule has 0 saturated carbocycles. The molecule has 0 aromatic heterocycles. The van der Waals surface area contributed by atoms with Gasteiger partial charge >= 0.3 is 6.03 Å². The highest BCUT2D eigenvalue weighted by molar-refractivity contribution is 5.93. The number of halogens is 1. The molecule has 2 aromatic carbocycles. The molecule has 0 unspecified atom stereocenters. The topological polar surface area (TPSA) is 90.5 Å². The summed E-state index contributed by atoms with van der Waals surface area (Å²) in [6.45, 7) is 0. The predicted octanol–water partition coefficient (Wildman–Crippen LogP) is 2.19. The van der Waals surface area contributed by atoms with Crippen LogP contribution in [0.1, 0.15) is 11.6 Å². The van der Waals surface area contributed by atoms with Crippen LogP contribution in [0.5, 0.6) is 0 Å². The van der Waals surface area contributed by atoms with Gasteiger partial charge in [0.15, 0.2) is 0 Å². The number of urea groups is 1. The molecule has 0 bridgehead atoms. The van der Waals surface area contributed by atoms with Gasteiger partial charge in [0.2, 0.25) is 0 Å². The van der Waals surface area contributed by atoms with Crippen molar-refractivity contribution in [2.45, 2.75) is 6.04 Å². The first-order valence-electron chi connectivity index (χ1n) is 6.42. The van der Waals surface area contributed by atoms with Crippen LogP contribution in [0.4, 0.5) is 14.9 Å². The number of anilines is 1. The smallest absolute Gasteiger partial charge is 0.320 e. The maximum absolute atomic E-state index is 12.8. The predicted molar refractivity (Wildman–Crippen MR) is 77.7 cm³/mol. The van der Waals surface area contributed by atoms with Gasteiger partial charge in [-0.25, -0.2) is 14.7 Å². The largest absolute Gasteiger partial charge is 0.322 e. The molecule has 1 atom stereocenters. The van der Waals surface area contributed by atoms with Crippen LogP contribution in [0.3, 0.4) is 0 Å². The highest BCUT2D eigenvalue weighted by Crippen LogP contribution is 2.13. The summed E-state index contributed by atoms with van der Waals surface area (Å²) in [6, 6.07) is 11.9. The molecule has 7 heteroatoms. The van der Waals surface area contributed by atoms with Gasteiger partial charge in [0.25, 0.3) is 5.91 Å². The fourth-order valence-corrected chi connectivity index (χ4v) is 1.84. The lowest BCUT2D eigenvalue weighted by molar-refractivity contribution is -0.131. The number of carbonyl (C=O) groups excluding carboxylic acids is 2. The van der Waals surface area contributed by atoms with E-state index in [1.807, 2.05) is 0 Å². The minimum atomic E-state index is -1.06. The van der Waals surface area contributed by atoms with E-state index >= 15 is 0 Å². The Morgan fingerprint density at radius 3 is 2.23 bits per heavy atom. The lowest BCUT2D eigenvalue weighted by Gasteiger charge is -2.17. The van der Waals surface area contributed by atoms with Gasteiger partial charge in [0, 0.05) is 5.69 Å². The van der Waals surface area contributed by atoms with E-state index in [9.17, 15) is 14.0 Å². The Morgan fingerprint density at radius 1 is 1.00 bits per heavy atom. The fraction of sp³-hybridized carbons (Fsp3) is 0.0667. The molecule has 2 rings (SSSR count). The van der Waals surface area contributed by atoms with Crippen LogP contribution in [0, 0.1) is 5.82 Å². The van der Waals surface area contributed by atoms with Crippen LogP contribution < -0.4 is 16.1 Å². The van der Waals surface area contributed by atoms with Gasteiger partial charge in [-0.15, -0.1) is 0 Å². The van der Waals surface area contributed by atoms with E-state index in [1.54, 1.807) is 30.3 Å².